The Balaban J connectivity index is 1.17. The van der Waals surface area contributed by atoms with Crippen molar-refractivity contribution in [2.45, 2.75) is 57.1 Å². The lowest BCUT2D eigenvalue weighted by Gasteiger charge is -2.17. The Morgan fingerprint density at radius 3 is 2.94 bits per heavy atom. The molecule has 0 fully saturated rings. The third kappa shape index (κ3) is 4.92. The van der Waals surface area contributed by atoms with Gasteiger partial charge in [-0.25, -0.2) is 9.97 Å². The summed E-state index contributed by atoms with van der Waals surface area (Å²) in [6.45, 7) is 2.09. The van der Waals surface area contributed by atoms with Crippen molar-refractivity contribution < 1.29 is 19.7 Å². The zero-order valence-electron chi connectivity index (χ0n) is 19.1. The highest BCUT2D eigenvalue weighted by Gasteiger charge is 2.23. The van der Waals surface area contributed by atoms with E-state index in [1.54, 1.807) is 12.5 Å². The first-order valence-electron chi connectivity index (χ1n) is 12.0. The third-order valence-corrected chi connectivity index (χ3v) is 6.72. The number of nitrogens with zero attached hydrogens (tertiary/aromatic N) is 3. The van der Waals surface area contributed by atoms with Gasteiger partial charge in [0.2, 0.25) is 0 Å². The number of imidazole rings is 1. The van der Waals surface area contributed by atoms with Crippen molar-refractivity contribution in [3.05, 3.63) is 70.9 Å². The normalized spacial score (nSPS) is 16.1. The molecule has 5 rings (SSSR count). The molecule has 0 amide bonds. The molecule has 34 heavy (non-hydrogen) atoms. The Bertz CT molecular complexity index is 1180. The summed E-state index contributed by atoms with van der Waals surface area (Å²) in [7, 11) is 0. The summed E-state index contributed by atoms with van der Waals surface area (Å²) in [6.07, 6.45) is 7.42. The van der Waals surface area contributed by atoms with Gasteiger partial charge in [0.25, 0.3) is 0 Å². The monoisotopic (exact) mass is 462 g/mol. The fourth-order valence-corrected chi connectivity index (χ4v) is 4.72. The van der Waals surface area contributed by atoms with Crippen LogP contribution in [0.5, 0.6) is 5.75 Å². The number of nitrogens with one attached hydrogen (secondary N) is 1. The number of ether oxygens (including phenoxy) is 1. The topological polar surface area (TPSA) is 110 Å². The van der Waals surface area contributed by atoms with Crippen LogP contribution in [-0.4, -0.2) is 43.9 Å². The zero-order chi connectivity index (χ0) is 23.5. The Labute approximate surface area is 198 Å². The SMILES string of the molecule is O=C(O)C(CCn1cnc(C(O)CCc2ccc3c(n2)NCCC3)c1)c1ccc2c(c1)OCC2. The van der Waals surface area contributed by atoms with Gasteiger partial charge in [-0.15, -0.1) is 0 Å². The lowest BCUT2D eigenvalue weighted by molar-refractivity contribution is -0.139. The summed E-state index contributed by atoms with van der Waals surface area (Å²) in [5, 5.41) is 23.8. The molecule has 2 aliphatic rings. The minimum atomic E-state index is -0.856. The largest absolute Gasteiger partial charge is 0.493 e. The molecule has 2 aliphatic heterocycles. The van der Waals surface area contributed by atoms with Gasteiger partial charge in [0.05, 0.1) is 30.7 Å². The van der Waals surface area contributed by atoms with Crippen LogP contribution in [0.1, 0.15) is 59.4 Å². The van der Waals surface area contributed by atoms with Gasteiger partial charge in [0.15, 0.2) is 0 Å². The van der Waals surface area contributed by atoms with Crippen molar-refractivity contribution in [2.24, 2.45) is 0 Å². The number of fused-ring (bicyclic) bond motifs is 2. The molecule has 3 N–H and O–H groups in total. The number of pyridine rings is 1. The number of hydrogen-bond acceptors (Lipinski definition) is 6. The number of anilines is 1. The van der Waals surface area contributed by atoms with Crippen LogP contribution in [0.15, 0.2) is 42.9 Å². The van der Waals surface area contributed by atoms with Gasteiger partial charge >= 0.3 is 5.97 Å². The van der Waals surface area contributed by atoms with Crippen molar-refractivity contribution in [2.75, 3.05) is 18.5 Å². The summed E-state index contributed by atoms with van der Waals surface area (Å²) < 4.78 is 7.45. The number of carboxylic acids is 1. The van der Waals surface area contributed by atoms with Crippen LogP contribution in [0.2, 0.25) is 0 Å². The van der Waals surface area contributed by atoms with Gasteiger partial charge in [-0.05, 0) is 60.9 Å². The molecule has 178 valence electrons. The average Bonchev–Trinajstić information content (AvgIpc) is 3.52. The van der Waals surface area contributed by atoms with Gasteiger partial charge in [0.1, 0.15) is 11.6 Å². The first-order valence-corrected chi connectivity index (χ1v) is 12.0. The summed E-state index contributed by atoms with van der Waals surface area (Å²) >= 11 is 0. The number of aliphatic hydroxyl groups is 1. The number of benzene rings is 1. The Morgan fingerprint density at radius 1 is 1.18 bits per heavy atom. The van der Waals surface area contributed by atoms with Crippen LogP contribution >= 0.6 is 0 Å². The van der Waals surface area contributed by atoms with Gasteiger partial charge in [-0.3, -0.25) is 4.79 Å². The molecular formula is C26H30N4O4. The van der Waals surface area contributed by atoms with Crippen LogP contribution in [0, 0.1) is 0 Å². The molecule has 1 aromatic carbocycles. The van der Waals surface area contributed by atoms with E-state index in [4.69, 9.17) is 4.74 Å². The maximum absolute atomic E-state index is 11.9. The summed E-state index contributed by atoms with van der Waals surface area (Å²) in [5.74, 6) is 0.269. The molecule has 2 unspecified atom stereocenters. The molecule has 8 nitrogen and oxygen atoms in total. The van der Waals surface area contributed by atoms with E-state index >= 15 is 0 Å². The lowest BCUT2D eigenvalue weighted by atomic mass is 9.94. The first-order chi connectivity index (χ1) is 16.6. The molecular weight excluding hydrogens is 432 g/mol. The average molecular weight is 463 g/mol. The standard InChI is InChI=1S/C26H30N4O4/c31-23(8-7-20-6-5-18-2-1-11-27-25(18)29-20)22-15-30(16-28-22)12-9-21(26(32)33)19-4-3-17-10-13-34-24(17)14-19/h3-6,14-16,21,23,31H,1-2,7-13H2,(H,27,29)(H,32,33). The number of carbonyl (C=O) groups is 1. The molecule has 0 spiro atoms. The number of aliphatic carboxylic acids is 1. The fraction of sp³-hybridized carbons (Fsp3) is 0.423. The number of hydrogen-bond donors (Lipinski definition) is 3. The Morgan fingerprint density at radius 2 is 2.06 bits per heavy atom. The second-order valence-corrected chi connectivity index (χ2v) is 9.08. The van der Waals surface area contributed by atoms with Crippen molar-refractivity contribution in [3.63, 3.8) is 0 Å². The first kappa shape index (κ1) is 22.4. The van der Waals surface area contributed by atoms with Crippen molar-refractivity contribution in [1.82, 2.24) is 14.5 Å². The number of rotatable bonds is 9. The van der Waals surface area contributed by atoms with Crippen LogP contribution in [0.4, 0.5) is 5.82 Å². The second kappa shape index (κ2) is 9.85. The molecule has 4 heterocycles. The number of aromatic nitrogens is 3. The van der Waals surface area contributed by atoms with Crippen molar-refractivity contribution in [1.29, 1.82) is 0 Å². The van der Waals surface area contributed by atoms with E-state index in [2.05, 4.69) is 21.4 Å². The fourth-order valence-electron chi connectivity index (χ4n) is 4.72. The van der Waals surface area contributed by atoms with E-state index in [1.165, 1.54) is 5.56 Å². The van der Waals surface area contributed by atoms with Crippen LogP contribution in [0.25, 0.3) is 0 Å². The molecule has 8 heteroatoms. The minimum Gasteiger partial charge on any atom is -0.493 e. The highest BCUT2D eigenvalue weighted by molar-refractivity contribution is 5.76. The Kier molecular flexibility index (Phi) is 6.49. The predicted octanol–water partition coefficient (Wildman–Crippen LogP) is 3.50. The highest BCUT2D eigenvalue weighted by atomic mass is 16.5. The number of aliphatic hydroxyl groups excluding tert-OH is 1. The quantitative estimate of drug-likeness (QED) is 0.446. The summed E-state index contributed by atoms with van der Waals surface area (Å²) in [5.41, 5.74) is 4.67. The number of carboxylic acid groups (broad SMARTS) is 1. The lowest BCUT2D eigenvalue weighted by Crippen LogP contribution is -2.14. The maximum atomic E-state index is 11.9. The molecule has 0 saturated heterocycles. The molecule has 2 atom stereocenters. The molecule has 0 radical (unpaired) electrons. The minimum absolute atomic E-state index is 0.423. The molecule has 3 aromatic rings. The van der Waals surface area contributed by atoms with Gasteiger partial charge in [-0.2, -0.15) is 0 Å². The maximum Gasteiger partial charge on any atom is 0.311 e. The van der Waals surface area contributed by atoms with E-state index in [9.17, 15) is 15.0 Å². The highest BCUT2D eigenvalue weighted by Crippen LogP contribution is 2.31. The van der Waals surface area contributed by atoms with Crippen LogP contribution in [-0.2, 0) is 30.6 Å². The van der Waals surface area contributed by atoms with Crippen molar-refractivity contribution >= 4 is 11.8 Å². The molecule has 0 bridgehead atoms. The van der Waals surface area contributed by atoms with E-state index < -0.39 is 18.0 Å². The van der Waals surface area contributed by atoms with Crippen LogP contribution in [0.3, 0.4) is 0 Å². The van der Waals surface area contributed by atoms with E-state index in [0.29, 0.717) is 38.1 Å². The summed E-state index contributed by atoms with van der Waals surface area (Å²) in [4.78, 5) is 21.0. The van der Waals surface area contributed by atoms with Gasteiger partial charge in [0, 0.05) is 31.4 Å². The Hall–Kier alpha value is -3.39. The van der Waals surface area contributed by atoms with Crippen LogP contribution < -0.4 is 10.1 Å². The van der Waals surface area contributed by atoms with E-state index in [0.717, 1.165) is 54.2 Å². The summed E-state index contributed by atoms with van der Waals surface area (Å²) in [6, 6.07) is 9.87. The second-order valence-electron chi connectivity index (χ2n) is 9.08. The van der Waals surface area contributed by atoms with Crippen molar-refractivity contribution in [3.8, 4) is 5.75 Å². The smallest absolute Gasteiger partial charge is 0.311 e. The zero-order valence-corrected chi connectivity index (χ0v) is 19.1. The third-order valence-electron chi connectivity index (χ3n) is 6.72. The van der Waals surface area contributed by atoms with Gasteiger partial charge in [-0.1, -0.05) is 18.2 Å². The molecule has 2 aromatic heterocycles. The van der Waals surface area contributed by atoms with E-state index in [-0.39, 0.29) is 0 Å². The molecule has 0 aliphatic carbocycles. The van der Waals surface area contributed by atoms with Gasteiger partial charge < -0.3 is 24.8 Å². The van der Waals surface area contributed by atoms with E-state index in [1.807, 2.05) is 28.8 Å². The number of aryl methyl sites for hydroxylation is 3. The molecule has 0 saturated carbocycles. The predicted molar refractivity (Wildman–Crippen MR) is 127 cm³/mol.